The normalized spacial score (nSPS) is 11.1. The van der Waals surface area contributed by atoms with E-state index in [0.29, 0.717) is 5.52 Å². The number of rotatable bonds is 2. The van der Waals surface area contributed by atoms with Gasteiger partial charge in [-0.25, -0.2) is 4.39 Å². The first kappa shape index (κ1) is 10.8. The minimum atomic E-state index is -0.288. The highest BCUT2D eigenvalue weighted by atomic mass is 19.1. The van der Waals surface area contributed by atoms with Gasteiger partial charge in [0.1, 0.15) is 5.82 Å². The molecule has 3 nitrogen and oxygen atoms in total. The molecule has 16 heavy (non-hydrogen) atoms. The molecule has 1 aromatic heterocycles. The summed E-state index contributed by atoms with van der Waals surface area (Å²) in [7, 11) is 0. The van der Waals surface area contributed by atoms with Crippen molar-refractivity contribution in [2.75, 3.05) is 5.43 Å². The predicted octanol–water partition coefficient (Wildman–Crippen LogP) is 2.78. The van der Waals surface area contributed by atoms with Gasteiger partial charge in [0, 0.05) is 17.1 Å². The number of hydrogen-bond acceptors (Lipinski definition) is 3. The number of anilines is 1. The predicted molar refractivity (Wildman–Crippen MR) is 63.6 cm³/mol. The van der Waals surface area contributed by atoms with Crippen LogP contribution >= 0.6 is 0 Å². The minimum absolute atomic E-state index is 0.278. The summed E-state index contributed by atoms with van der Waals surface area (Å²) in [6.07, 6.45) is 0. The van der Waals surface area contributed by atoms with E-state index in [9.17, 15) is 4.39 Å². The molecule has 0 radical (unpaired) electrons. The highest BCUT2D eigenvalue weighted by Gasteiger charge is 2.08. The van der Waals surface area contributed by atoms with Crippen LogP contribution in [0.15, 0.2) is 24.3 Å². The molecule has 1 aromatic carbocycles. The van der Waals surface area contributed by atoms with E-state index in [-0.39, 0.29) is 11.7 Å². The summed E-state index contributed by atoms with van der Waals surface area (Å²) >= 11 is 0. The van der Waals surface area contributed by atoms with Crippen LogP contribution < -0.4 is 11.3 Å². The van der Waals surface area contributed by atoms with Crippen LogP contribution in [0.5, 0.6) is 0 Å². The Morgan fingerprint density at radius 3 is 2.69 bits per heavy atom. The molecule has 0 unspecified atom stereocenters. The lowest BCUT2D eigenvalue weighted by atomic mass is 10.1. The summed E-state index contributed by atoms with van der Waals surface area (Å²) in [5.41, 5.74) is 4.91. The monoisotopic (exact) mass is 219 g/mol. The maximum atomic E-state index is 13.1. The highest BCUT2D eigenvalue weighted by Crippen LogP contribution is 2.26. The molecule has 3 N–H and O–H groups in total. The molecule has 84 valence electrons. The summed E-state index contributed by atoms with van der Waals surface area (Å²) < 4.78 is 13.1. The van der Waals surface area contributed by atoms with Crippen molar-refractivity contribution in [3.63, 3.8) is 0 Å². The van der Waals surface area contributed by atoms with Crippen LogP contribution in [0.2, 0.25) is 0 Å². The number of fused-ring (bicyclic) bond motifs is 1. The molecule has 2 rings (SSSR count). The molecule has 0 amide bonds. The molecule has 0 aliphatic rings. The first-order valence-electron chi connectivity index (χ1n) is 5.18. The second-order valence-corrected chi connectivity index (χ2v) is 4.06. The number of hydrazine groups is 1. The Labute approximate surface area is 93.5 Å². The van der Waals surface area contributed by atoms with Gasteiger partial charge in [-0.3, -0.25) is 10.8 Å². The fourth-order valence-electron chi connectivity index (χ4n) is 1.64. The van der Waals surface area contributed by atoms with E-state index in [1.165, 1.54) is 12.1 Å². The summed E-state index contributed by atoms with van der Waals surface area (Å²) in [5, 5.41) is 0.827. The lowest BCUT2D eigenvalue weighted by Gasteiger charge is -2.11. The second-order valence-electron chi connectivity index (χ2n) is 4.06. The fourth-order valence-corrected chi connectivity index (χ4v) is 1.64. The number of aromatic nitrogens is 1. The Morgan fingerprint density at radius 2 is 2.06 bits per heavy atom. The number of nitrogens with zero attached hydrogens (tertiary/aromatic N) is 1. The minimum Gasteiger partial charge on any atom is -0.323 e. The molecule has 0 aliphatic carbocycles. The van der Waals surface area contributed by atoms with Gasteiger partial charge in [-0.15, -0.1) is 0 Å². The Bertz CT molecular complexity index is 523. The molecular weight excluding hydrogens is 205 g/mol. The molecule has 0 aliphatic heterocycles. The van der Waals surface area contributed by atoms with Crippen LogP contribution in [0.3, 0.4) is 0 Å². The van der Waals surface area contributed by atoms with Crippen molar-refractivity contribution in [2.45, 2.75) is 19.8 Å². The van der Waals surface area contributed by atoms with Crippen LogP contribution in [0.25, 0.3) is 10.9 Å². The third-order valence-corrected chi connectivity index (χ3v) is 2.54. The number of halogens is 1. The van der Waals surface area contributed by atoms with Gasteiger partial charge < -0.3 is 5.43 Å². The summed E-state index contributed by atoms with van der Waals surface area (Å²) in [6, 6.07) is 6.39. The maximum Gasteiger partial charge on any atom is 0.125 e. The lowest BCUT2D eigenvalue weighted by molar-refractivity contribution is 0.629. The standard InChI is InChI=1S/C12H14FN3/c1-7(2)10-6-12(16-14)9-4-3-8(13)5-11(9)15-10/h3-7H,14H2,1-2H3,(H,15,16). The number of pyridine rings is 1. The van der Waals surface area contributed by atoms with E-state index in [1.807, 2.05) is 19.9 Å². The molecule has 0 atom stereocenters. The van der Waals surface area contributed by atoms with Gasteiger partial charge in [-0.1, -0.05) is 13.8 Å². The average molecular weight is 219 g/mol. The number of nitrogens with one attached hydrogen (secondary N) is 1. The average Bonchev–Trinajstić information content (AvgIpc) is 2.26. The van der Waals surface area contributed by atoms with Gasteiger partial charge in [-0.05, 0) is 24.1 Å². The van der Waals surface area contributed by atoms with E-state index < -0.39 is 0 Å². The van der Waals surface area contributed by atoms with E-state index in [2.05, 4.69) is 10.4 Å². The highest BCUT2D eigenvalue weighted by molar-refractivity contribution is 5.91. The number of benzene rings is 1. The van der Waals surface area contributed by atoms with Crippen molar-refractivity contribution in [1.29, 1.82) is 0 Å². The summed E-state index contributed by atoms with van der Waals surface area (Å²) in [6.45, 7) is 4.07. The summed E-state index contributed by atoms with van der Waals surface area (Å²) in [5.74, 6) is 5.44. The molecular formula is C12H14FN3. The fraction of sp³-hybridized carbons (Fsp3) is 0.250. The van der Waals surface area contributed by atoms with Gasteiger partial charge in [0.2, 0.25) is 0 Å². The van der Waals surface area contributed by atoms with Gasteiger partial charge >= 0.3 is 0 Å². The zero-order chi connectivity index (χ0) is 11.7. The third-order valence-electron chi connectivity index (χ3n) is 2.54. The van der Waals surface area contributed by atoms with Crippen molar-refractivity contribution >= 4 is 16.6 Å². The Hall–Kier alpha value is -1.68. The Morgan fingerprint density at radius 1 is 1.31 bits per heavy atom. The quantitative estimate of drug-likeness (QED) is 0.603. The zero-order valence-electron chi connectivity index (χ0n) is 9.29. The van der Waals surface area contributed by atoms with E-state index in [4.69, 9.17) is 5.84 Å². The smallest absolute Gasteiger partial charge is 0.125 e. The number of nitrogen functional groups attached to an aromatic ring is 1. The largest absolute Gasteiger partial charge is 0.323 e. The summed E-state index contributed by atoms with van der Waals surface area (Å²) in [4.78, 5) is 4.41. The van der Waals surface area contributed by atoms with Crippen LogP contribution in [0.1, 0.15) is 25.5 Å². The Balaban J connectivity index is 2.73. The number of hydrogen-bond donors (Lipinski definition) is 2. The van der Waals surface area contributed by atoms with Crippen molar-refractivity contribution in [2.24, 2.45) is 5.84 Å². The van der Waals surface area contributed by atoms with E-state index in [1.54, 1.807) is 6.07 Å². The van der Waals surface area contributed by atoms with Gasteiger partial charge in [0.05, 0.1) is 11.2 Å². The van der Waals surface area contributed by atoms with Gasteiger partial charge in [-0.2, -0.15) is 0 Å². The van der Waals surface area contributed by atoms with Crippen LogP contribution in [-0.2, 0) is 0 Å². The van der Waals surface area contributed by atoms with Crippen molar-refractivity contribution < 1.29 is 4.39 Å². The van der Waals surface area contributed by atoms with E-state index in [0.717, 1.165) is 16.8 Å². The van der Waals surface area contributed by atoms with Gasteiger partial charge in [0.25, 0.3) is 0 Å². The number of nitrogens with two attached hydrogens (primary N) is 1. The Kier molecular flexibility index (Phi) is 2.75. The molecule has 0 bridgehead atoms. The van der Waals surface area contributed by atoms with Crippen LogP contribution in [0.4, 0.5) is 10.1 Å². The molecule has 0 spiro atoms. The van der Waals surface area contributed by atoms with Crippen LogP contribution in [-0.4, -0.2) is 4.98 Å². The molecule has 4 heteroatoms. The first-order valence-corrected chi connectivity index (χ1v) is 5.18. The molecule has 1 heterocycles. The van der Waals surface area contributed by atoms with Crippen LogP contribution in [0, 0.1) is 5.82 Å². The molecule has 0 saturated heterocycles. The van der Waals surface area contributed by atoms with Crippen molar-refractivity contribution in [3.8, 4) is 0 Å². The van der Waals surface area contributed by atoms with Crippen molar-refractivity contribution in [1.82, 2.24) is 4.98 Å². The molecule has 0 fully saturated rings. The van der Waals surface area contributed by atoms with E-state index >= 15 is 0 Å². The topological polar surface area (TPSA) is 50.9 Å². The molecule has 0 saturated carbocycles. The van der Waals surface area contributed by atoms with Crippen molar-refractivity contribution in [3.05, 3.63) is 35.8 Å². The maximum absolute atomic E-state index is 13.1. The second kappa shape index (κ2) is 4.06. The first-order chi connectivity index (χ1) is 7.61. The van der Waals surface area contributed by atoms with Gasteiger partial charge in [0.15, 0.2) is 0 Å². The lowest BCUT2D eigenvalue weighted by Crippen LogP contribution is -2.08. The molecule has 2 aromatic rings. The zero-order valence-corrected chi connectivity index (χ0v) is 9.29. The third kappa shape index (κ3) is 1.84. The SMILES string of the molecule is CC(C)c1cc(NN)c2ccc(F)cc2n1.